The number of para-hydroxylation sites is 1. The van der Waals surface area contributed by atoms with Gasteiger partial charge in [-0.05, 0) is 36.4 Å². The zero-order chi connectivity index (χ0) is 25.6. The number of hydrazone groups is 1. The number of nitro groups is 1. The van der Waals surface area contributed by atoms with Gasteiger partial charge in [-0.3, -0.25) is 19.2 Å². The first-order valence-corrected chi connectivity index (χ1v) is 11.2. The highest BCUT2D eigenvalue weighted by Crippen LogP contribution is 2.33. The van der Waals surface area contributed by atoms with Crippen molar-refractivity contribution in [2.24, 2.45) is 5.10 Å². The van der Waals surface area contributed by atoms with E-state index in [1.54, 1.807) is 6.07 Å². The van der Waals surface area contributed by atoms with E-state index in [1.165, 1.54) is 48.5 Å². The predicted octanol–water partition coefficient (Wildman–Crippen LogP) is 3.96. The number of rotatable bonds is 8. The molecule has 0 spiro atoms. The molecule has 0 unspecified atom stereocenters. The van der Waals surface area contributed by atoms with Crippen LogP contribution in [0.1, 0.15) is 11.1 Å². The fourth-order valence-corrected chi connectivity index (χ4v) is 4.41. The Kier molecular flexibility index (Phi) is 7.49. The van der Waals surface area contributed by atoms with Crippen molar-refractivity contribution in [2.75, 3.05) is 10.8 Å². The molecule has 0 aliphatic heterocycles. The first-order chi connectivity index (χ1) is 16.5. The minimum atomic E-state index is -4.74. The van der Waals surface area contributed by atoms with Crippen LogP contribution < -0.4 is 9.73 Å². The van der Waals surface area contributed by atoms with Crippen LogP contribution in [0.5, 0.6) is 0 Å². The molecule has 0 saturated carbocycles. The molecular weight excluding hydrogens is 489 g/mol. The highest BCUT2D eigenvalue weighted by atomic mass is 32.2. The molecule has 3 aromatic carbocycles. The minimum absolute atomic E-state index is 0.0736. The van der Waals surface area contributed by atoms with Crippen LogP contribution >= 0.6 is 0 Å². The van der Waals surface area contributed by atoms with Crippen LogP contribution in [0, 0.1) is 10.1 Å². The summed E-state index contributed by atoms with van der Waals surface area (Å²) in [6.07, 6.45) is -3.74. The molecule has 0 aliphatic carbocycles. The normalized spacial score (nSPS) is 11.9. The summed E-state index contributed by atoms with van der Waals surface area (Å²) in [6, 6.07) is 16.0. The van der Waals surface area contributed by atoms with Gasteiger partial charge in [0, 0.05) is 6.07 Å². The molecule has 1 N–H and O–H groups in total. The van der Waals surface area contributed by atoms with Gasteiger partial charge in [-0.2, -0.15) is 18.3 Å². The largest absolute Gasteiger partial charge is 0.416 e. The smallest absolute Gasteiger partial charge is 0.271 e. The van der Waals surface area contributed by atoms with E-state index in [-0.39, 0.29) is 21.8 Å². The highest BCUT2D eigenvalue weighted by Gasteiger charge is 2.33. The molecule has 0 radical (unpaired) electrons. The topological polar surface area (TPSA) is 122 Å². The van der Waals surface area contributed by atoms with Gasteiger partial charge in [-0.15, -0.1) is 0 Å². The van der Waals surface area contributed by atoms with Crippen molar-refractivity contribution in [3.8, 4) is 0 Å². The molecule has 182 valence electrons. The number of anilines is 1. The summed E-state index contributed by atoms with van der Waals surface area (Å²) in [6.45, 7) is -0.910. The van der Waals surface area contributed by atoms with Crippen molar-refractivity contribution in [2.45, 2.75) is 11.1 Å². The minimum Gasteiger partial charge on any atom is -0.271 e. The van der Waals surface area contributed by atoms with Gasteiger partial charge in [0.25, 0.3) is 21.6 Å². The Hall–Kier alpha value is -4.26. The molecule has 9 nitrogen and oxygen atoms in total. The summed E-state index contributed by atoms with van der Waals surface area (Å²) in [7, 11) is -4.44. The van der Waals surface area contributed by atoms with E-state index < -0.39 is 39.1 Å². The number of carbonyl (C=O) groups excluding carboxylic acids is 1. The monoisotopic (exact) mass is 506 g/mol. The number of nitrogens with zero attached hydrogens (tertiary/aromatic N) is 3. The first-order valence-electron chi connectivity index (χ1n) is 9.80. The number of nitrogens with one attached hydrogen (secondary N) is 1. The number of alkyl halides is 3. The lowest BCUT2D eigenvalue weighted by atomic mass is 10.2. The van der Waals surface area contributed by atoms with Gasteiger partial charge in [0.15, 0.2) is 0 Å². The standard InChI is InChI=1S/C22H17F3N4O5S/c23-22(24,25)17-8-6-9-18(13-17)28(35(33,34)19-10-2-1-3-11-19)15-21(30)27-26-14-16-7-4-5-12-20(16)29(31)32/h1-14H,15H2,(H,27,30)/b26-14-. The second-order valence-electron chi connectivity index (χ2n) is 6.98. The molecule has 0 aromatic heterocycles. The van der Waals surface area contributed by atoms with Crippen LogP contribution in [-0.4, -0.2) is 32.0 Å². The van der Waals surface area contributed by atoms with Crippen molar-refractivity contribution in [1.82, 2.24) is 5.43 Å². The van der Waals surface area contributed by atoms with Gasteiger partial charge in [0.2, 0.25) is 0 Å². The molecule has 0 aliphatic rings. The second kappa shape index (κ2) is 10.3. The summed E-state index contributed by atoms with van der Waals surface area (Å²) in [5, 5.41) is 14.7. The molecule has 0 saturated heterocycles. The van der Waals surface area contributed by atoms with Gasteiger partial charge >= 0.3 is 6.18 Å². The maximum absolute atomic E-state index is 13.2. The zero-order valence-electron chi connectivity index (χ0n) is 17.7. The molecule has 0 atom stereocenters. The Morgan fingerprint density at radius 1 is 1.03 bits per heavy atom. The number of carbonyl (C=O) groups is 1. The molecule has 0 fully saturated rings. The van der Waals surface area contributed by atoms with Crippen LogP contribution in [0.4, 0.5) is 24.5 Å². The summed E-state index contributed by atoms with van der Waals surface area (Å²) in [5.41, 5.74) is 0.357. The van der Waals surface area contributed by atoms with Gasteiger partial charge < -0.3 is 0 Å². The Balaban J connectivity index is 1.91. The van der Waals surface area contributed by atoms with Gasteiger partial charge in [0.1, 0.15) is 6.54 Å². The number of benzene rings is 3. The summed E-state index contributed by atoms with van der Waals surface area (Å²) < 4.78 is 66.6. The van der Waals surface area contributed by atoms with Gasteiger partial charge in [-0.25, -0.2) is 13.8 Å². The van der Waals surface area contributed by atoms with E-state index in [2.05, 4.69) is 5.10 Å². The lowest BCUT2D eigenvalue weighted by molar-refractivity contribution is -0.385. The third kappa shape index (κ3) is 6.20. The molecule has 0 heterocycles. The van der Waals surface area contributed by atoms with Crippen molar-refractivity contribution >= 4 is 33.5 Å². The summed E-state index contributed by atoms with van der Waals surface area (Å²) >= 11 is 0. The Bertz CT molecular complexity index is 1360. The number of hydrogen-bond acceptors (Lipinski definition) is 6. The molecular formula is C22H17F3N4O5S. The average Bonchev–Trinajstić information content (AvgIpc) is 2.83. The molecule has 35 heavy (non-hydrogen) atoms. The predicted molar refractivity (Wildman–Crippen MR) is 121 cm³/mol. The maximum atomic E-state index is 13.2. The third-order valence-corrected chi connectivity index (χ3v) is 6.39. The van der Waals surface area contributed by atoms with E-state index in [4.69, 9.17) is 0 Å². The number of hydrogen-bond donors (Lipinski definition) is 1. The fourth-order valence-electron chi connectivity index (χ4n) is 2.97. The number of nitro benzene ring substituents is 1. The third-order valence-electron chi connectivity index (χ3n) is 4.61. The van der Waals surface area contributed by atoms with Crippen molar-refractivity contribution < 1.29 is 31.3 Å². The number of sulfonamides is 1. The van der Waals surface area contributed by atoms with E-state index in [0.29, 0.717) is 10.4 Å². The zero-order valence-corrected chi connectivity index (χ0v) is 18.5. The second-order valence-corrected chi connectivity index (χ2v) is 8.84. The quantitative estimate of drug-likeness (QED) is 0.282. The van der Waals surface area contributed by atoms with Crippen LogP contribution in [0.3, 0.4) is 0 Å². The fraction of sp³-hybridized carbons (Fsp3) is 0.0909. The molecule has 3 aromatic rings. The molecule has 0 bridgehead atoms. The first kappa shape index (κ1) is 25.4. The van der Waals surface area contributed by atoms with Gasteiger partial charge in [0.05, 0.1) is 32.8 Å². The van der Waals surface area contributed by atoms with Crippen molar-refractivity contribution in [1.29, 1.82) is 0 Å². The van der Waals surface area contributed by atoms with Crippen molar-refractivity contribution in [3.05, 3.63) is 100 Å². The molecule has 3 rings (SSSR count). The molecule has 13 heteroatoms. The lowest BCUT2D eigenvalue weighted by Crippen LogP contribution is -2.39. The maximum Gasteiger partial charge on any atom is 0.416 e. The van der Waals surface area contributed by atoms with Crippen LogP contribution in [0.15, 0.2) is 88.9 Å². The Morgan fingerprint density at radius 2 is 1.69 bits per heavy atom. The van der Waals surface area contributed by atoms with Crippen LogP contribution in [-0.2, 0) is 21.0 Å². The summed E-state index contributed by atoms with van der Waals surface area (Å²) in [4.78, 5) is 22.7. The van der Waals surface area contributed by atoms with E-state index in [9.17, 15) is 36.5 Å². The highest BCUT2D eigenvalue weighted by molar-refractivity contribution is 7.92. The number of halogens is 3. The van der Waals surface area contributed by atoms with Crippen molar-refractivity contribution in [3.63, 3.8) is 0 Å². The van der Waals surface area contributed by atoms with Crippen LogP contribution in [0.2, 0.25) is 0 Å². The summed E-state index contributed by atoms with van der Waals surface area (Å²) in [5.74, 6) is -0.989. The van der Waals surface area contributed by atoms with E-state index >= 15 is 0 Å². The van der Waals surface area contributed by atoms with E-state index in [0.717, 1.165) is 24.4 Å². The Labute approximate surface area is 197 Å². The Morgan fingerprint density at radius 3 is 2.34 bits per heavy atom. The lowest BCUT2D eigenvalue weighted by Gasteiger charge is -2.24. The SMILES string of the molecule is O=C(CN(c1cccc(C(F)(F)F)c1)S(=O)(=O)c1ccccc1)N/N=C\c1ccccc1[N+](=O)[O-]. The molecule has 1 amide bonds. The van der Waals surface area contributed by atoms with Gasteiger partial charge in [-0.1, -0.05) is 36.4 Å². The van der Waals surface area contributed by atoms with Crippen LogP contribution in [0.25, 0.3) is 0 Å². The number of amides is 1. The van der Waals surface area contributed by atoms with E-state index in [1.807, 2.05) is 5.43 Å². The average molecular weight is 506 g/mol.